The zero-order valence-electron chi connectivity index (χ0n) is 12.8. The van der Waals surface area contributed by atoms with Gasteiger partial charge in [0.2, 0.25) is 5.91 Å². The molecule has 3 rings (SSSR count). The van der Waals surface area contributed by atoms with E-state index in [0.29, 0.717) is 42.3 Å². The lowest BCUT2D eigenvalue weighted by Crippen LogP contribution is -2.49. The van der Waals surface area contributed by atoms with Crippen LogP contribution in [0.15, 0.2) is 18.2 Å². The minimum Gasteiger partial charge on any atom is -0.398 e. The van der Waals surface area contributed by atoms with Crippen LogP contribution in [0.4, 0.5) is 5.69 Å². The smallest absolute Gasteiger partial charge is 0.264 e. The molecule has 0 unspecified atom stereocenters. The molecule has 2 heterocycles. The summed E-state index contributed by atoms with van der Waals surface area (Å²) in [4.78, 5) is 28.2. The highest BCUT2D eigenvalue weighted by atomic mass is 32.1. The summed E-state index contributed by atoms with van der Waals surface area (Å²) >= 11 is 1.41. The molecule has 0 saturated carbocycles. The fraction of sp³-hybridized carbons (Fsp3) is 0.312. The van der Waals surface area contributed by atoms with Crippen LogP contribution in [0.25, 0.3) is 10.1 Å². The van der Waals surface area contributed by atoms with Gasteiger partial charge in [0.05, 0.1) is 4.88 Å². The first-order valence-electron chi connectivity index (χ1n) is 7.38. The van der Waals surface area contributed by atoms with Gasteiger partial charge >= 0.3 is 0 Å². The average molecular weight is 330 g/mol. The maximum Gasteiger partial charge on any atom is 0.264 e. The molecule has 1 aliphatic rings. The van der Waals surface area contributed by atoms with Crippen LogP contribution in [-0.2, 0) is 4.79 Å². The number of hydrogen-bond acceptors (Lipinski definition) is 5. The Morgan fingerprint density at radius 1 is 1.22 bits per heavy atom. The number of fused-ring (bicyclic) bond motifs is 1. The molecule has 6 nitrogen and oxygen atoms in total. The van der Waals surface area contributed by atoms with Gasteiger partial charge in [-0.25, -0.2) is 0 Å². The molecule has 0 spiro atoms. The minimum atomic E-state index is -0.0230. The molecule has 3 N–H and O–H groups in total. The Labute approximate surface area is 138 Å². The number of nitrogen functional groups attached to an aromatic ring is 1. The molecule has 2 aromatic rings. The maximum absolute atomic E-state index is 12.7. The van der Waals surface area contributed by atoms with Crippen molar-refractivity contribution in [3.63, 3.8) is 0 Å². The van der Waals surface area contributed by atoms with Gasteiger partial charge in [0.1, 0.15) is 0 Å². The molecule has 2 amide bonds. The zero-order chi connectivity index (χ0) is 16.6. The summed E-state index contributed by atoms with van der Waals surface area (Å²) in [6, 6.07) is 5.49. The lowest BCUT2D eigenvalue weighted by molar-refractivity contribution is -0.130. The fourth-order valence-electron chi connectivity index (χ4n) is 2.76. The molecule has 1 aromatic heterocycles. The van der Waals surface area contributed by atoms with E-state index in [1.54, 1.807) is 22.8 Å². The van der Waals surface area contributed by atoms with Crippen molar-refractivity contribution < 1.29 is 9.59 Å². The highest BCUT2D eigenvalue weighted by molar-refractivity contribution is 7.20. The molecular formula is C16H18N4O2S. The molecule has 1 fully saturated rings. The molecule has 7 heteroatoms. The Balaban J connectivity index is 1.83. The van der Waals surface area contributed by atoms with E-state index in [2.05, 4.69) is 0 Å². The number of anilines is 1. The van der Waals surface area contributed by atoms with Crippen molar-refractivity contribution in [3.8, 4) is 0 Å². The van der Waals surface area contributed by atoms with Crippen LogP contribution in [-0.4, -0.2) is 54.0 Å². The molecule has 1 saturated heterocycles. The van der Waals surface area contributed by atoms with E-state index < -0.39 is 0 Å². The van der Waals surface area contributed by atoms with Crippen LogP contribution in [0, 0.1) is 5.41 Å². The quantitative estimate of drug-likeness (QED) is 0.649. The van der Waals surface area contributed by atoms with E-state index in [4.69, 9.17) is 11.1 Å². The molecule has 120 valence electrons. The number of hydrogen-bond donors (Lipinski definition) is 2. The lowest BCUT2D eigenvalue weighted by atomic mass is 10.1. The van der Waals surface area contributed by atoms with Crippen LogP contribution in [0.3, 0.4) is 0 Å². The van der Waals surface area contributed by atoms with Crippen molar-refractivity contribution in [3.05, 3.63) is 28.6 Å². The first kappa shape index (κ1) is 15.5. The van der Waals surface area contributed by atoms with E-state index in [1.807, 2.05) is 12.1 Å². The number of piperazine rings is 1. The Hall–Kier alpha value is -2.41. The molecule has 0 radical (unpaired) electrons. The van der Waals surface area contributed by atoms with Crippen molar-refractivity contribution >= 4 is 45.1 Å². The van der Waals surface area contributed by atoms with Gasteiger partial charge in [-0.2, -0.15) is 0 Å². The van der Waals surface area contributed by atoms with Crippen molar-refractivity contribution in [2.75, 3.05) is 31.9 Å². The highest BCUT2D eigenvalue weighted by Crippen LogP contribution is 2.32. The van der Waals surface area contributed by atoms with E-state index in [0.717, 1.165) is 10.1 Å². The van der Waals surface area contributed by atoms with Crippen molar-refractivity contribution in [2.45, 2.75) is 6.92 Å². The summed E-state index contributed by atoms with van der Waals surface area (Å²) in [7, 11) is 0. The van der Waals surface area contributed by atoms with Gasteiger partial charge in [-0.3, -0.25) is 9.59 Å². The van der Waals surface area contributed by atoms with Gasteiger partial charge in [-0.15, -0.1) is 11.3 Å². The van der Waals surface area contributed by atoms with Gasteiger partial charge in [0, 0.05) is 60.7 Å². The molecular weight excluding hydrogens is 312 g/mol. The Kier molecular flexibility index (Phi) is 4.04. The molecule has 0 aliphatic carbocycles. The van der Waals surface area contributed by atoms with E-state index >= 15 is 0 Å². The third-order valence-corrected chi connectivity index (χ3v) is 5.24. The summed E-state index contributed by atoms with van der Waals surface area (Å²) < 4.78 is 0.943. The third-order valence-electron chi connectivity index (χ3n) is 4.15. The van der Waals surface area contributed by atoms with Crippen LogP contribution in [0.5, 0.6) is 0 Å². The summed E-state index contributed by atoms with van der Waals surface area (Å²) in [5.74, 6) is 0.0242. The topological polar surface area (TPSA) is 90.5 Å². The van der Waals surface area contributed by atoms with Crippen LogP contribution < -0.4 is 5.73 Å². The minimum absolute atomic E-state index is 0.0230. The fourth-order valence-corrected chi connectivity index (χ4v) is 3.81. The van der Waals surface area contributed by atoms with Crippen molar-refractivity contribution in [2.24, 2.45) is 0 Å². The molecule has 23 heavy (non-hydrogen) atoms. The number of carbonyl (C=O) groups excluding carboxylic acids is 2. The van der Waals surface area contributed by atoms with E-state index in [9.17, 15) is 9.59 Å². The van der Waals surface area contributed by atoms with Gasteiger partial charge in [-0.05, 0) is 18.2 Å². The summed E-state index contributed by atoms with van der Waals surface area (Å²) in [6.45, 7) is 3.80. The van der Waals surface area contributed by atoms with Crippen molar-refractivity contribution in [1.29, 1.82) is 5.41 Å². The van der Waals surface area contributed by atoms with E-state index in [1.165, 1.54) is 17.6 Å². The predicted octanol–water partition coefficient (Wildman–Crippen LogP) is 1.79. The molecule has 0 atom stereocenters. The summed E-state index contributed by atoms with van der Waals surface area (Å²) in [5.41, 5.74) is 7.25. The Morgan fingerprint density at radius 2 is 1.87 bits per heavy atom. The second kappa shape index (κ2) is 6.00. The number of nitrogens with one attached hydrogen (secondary N) is 1. The van der Waals surface area contributed by atoms with Crippen LogP contribution in [0.1, 0.15) is 22.2 Å². The third kappa shape index (κ3) is 2.79. The molecule has 0 bridgehead atoms. The molecule has 1 aromatic carbocycles. The van der Waals surface area contributed by atoms with E-state index in [-0.39, 0.29) is 11.8 Å². The standard InChI is InChI=1S/C16H18N4O2S/c1-10(21)19-4-6-20(7-5-19)16(22)14-8-12-13(23-14)3-2-11(9-17)15(12)18/h2-3,8-9,17H,4-7,18H2,1H3. The molecule has 1 aliphatic heterocycles. The number of nitrogens with two attached hydrogens (primary N) is 1. The highest BCUT2D eigenvalue weighted by Gasteiger charge is 2.24. The SMILES string of the molecule is CC(=O)N1CCN(C(=O)c2cc3c(N)c(C=N)ccc3s2)CC1. The number of rotatable bonds is 2. The maximum atomic E-state index is 12.7. The predicted molar refractivity (Wildman–Crippen MR) is 92.3 cm³/mol. The Morgan fingerprint density at radius 3 is 2.48 bits per heavy atom. The number of thiophene rings is 1. The average Bonchev–Trinajstić information content (AvgIpc) is 3.00. The van der Waals surface area contributed by atoms with Gasteiger partial charge in [0.25, 0.3) is 5.91 Å². The second-order valence-electron chi connectivity index (χ2n) is 5.53. The monoisotopic (exact) mass is 330 g/mol. The lowest BCUT2D eigenvalue weighted by Gasteiger charge is -2.33. The van der Waals surface area contributed by atoms with Gasteiger partial charge in [0.15, 0.2) is 0 Å². The van der Waals surface area contributed by atoms with Gasteiger partial charge < -0.3 is 20.9 Å². The van der Waals surface area contributed by atoms with Gasteiger partial charge in [-0.1, -0.05) is 0 Å². The van der Waals surface area contributed by atoms with Crippen LogP contribution in [0.2, 0.25) is 0 Å². The number of amides is 2. The second-order valence-corrected chi connectivity index (χ2v) is 6.62. The first-order valence-corrected chi connectivity index (χ1v) is 8.20. The number of nitrogens with zero attached hydrogens (tertiary/aromatic N) is 2. The number of carbonyl (C=O) groups is 2. The zero-order valence-corrected chi connectivity index (χ0v) is 13.7. The number of benzene rings is 1. The largest absolute Gasteiger partial charge is 0.398 e. The normalized spacial score (nSPS) is 15.0. The summed E-state index contributed by atoms with van der Waals surface area (Å²) in [6.07, 6.45) is 1.22. The van der Waals surface area contributed by atoms with Crippen LogP contribution >= 0.6 is 11.3 Å². The van der Waals surface area contributed by atoms with Crippen molar-refractivity contribution in [1.82, 2.24) is 9.80 Å². The summed E-state index contributed by atoms with van der Waals surface area (Å²) in [5, 5.41) is 8.18. The Bertz CT molecular complexity index is 791. The first-order chi connectivity index (χ1) is 11.0.